The zero-order chi connectivity index (χ0) is 44.5. The Kier molecular flexibility index (Phi) is 9.32. The summed E-state index contributed by atoms with van der Waals surface area (Å²) in [5, 5.41) is 4.49. The van der Waals surface area contributed by atoms with Crippen LogP contribution in [0.1, 0.15) is 22.3 Å². The monoisotopic (exact) mass is 848 g/mol. The van der Waals surface area contributed by atoms with Crippen molar-refractivity contribution in [2.45, 2.75) is 27.7 Å². The largest absolute Gasteiger partial charge is 0.456 e. The van der Waals surface area contributed by atoms with E-state index in [2.05, 4.69) is 178 Å². The summed E-state index contributed by atoms with van der Waals surface area (Å²) >= 11 is 0. The Morgan fingerprint density at radius 1 is 0.333 bits per heavy atom. The maximum atomic E-state index is 6.41. The third-order valence-corrected chi connectivity index (χ3v) is 12.8. The highest BCUT2D eigenvalue weighted by molar-refractivity contribution is 6.14. The molecule has 0 amide bonds. The standard InChI is InChI=1S/C61H44N4O/c1-37-28-38(2)31-46(30-37)43-22-25-53-50(34-43)51-35-44(47-32-39(3)29-40(4)33-47)23-26-54(51)65(53)55-27-24-45(48-19-13-21-57-58(48)49-18-11-12-20-56(49)66-57)36-52(55)61-63-59(41-14-7-5-8-15-41)62-60(64-61)42-16-9-6-10-17-42/h5-36H,1-4H3. The smallest absolute Gasteiger partial charge is 0.166 e. The van der Waals surface area contributed by atoms with Crippen molar-refractivity contribution in [3.05, 3.63) is 216 Å². The lowest BCUT2D eigenvalue weighted by Crippen LogP contribution is -2.04. The second kappa shape index (κ2) is 15.7. The fourth-order valence-electron chi connectivity index (χ4n) is 9.95. The molecule has 5 heteroatoms. The van der Waals surface area contributed by atoms with Gasteiger partial charge in [0.15, 0.2) is 17.5 Å². The fourth-order valence-corrected chi connectivity index (χ4v) is 9.95. The Morgan fingerprint density at radius 2 is 0.833 bits per heavy atom. The quantitative estimate of drug-likeness (QED) is 0.160. The van der Waals surface area contributed by atoms with Crippen molar-refractivity contribution in [3.63, 3.8) is 0 Å². The van der Waals surface area contributed by atoms with Gasteiger partial charge in [-0.15, -0.1) is 0 Å². The summed E-state index contributed by atoms with van der Waals surface area (Å²) in [5.74, 6) is 1.80. The van der Waals surface area contributed by atoms with Crippen molar-refractivity contribution in [2.75, 3.05) is 0 Å². The number of hydrogen-bond donors (Lipinski definition) is 0. The molecule has 0 unspecified atom stereocenters. The highest BCUT2D eigenvalue weighted by Gasteiger charge is 2.23. The molecule has 0 bridgehead atoms. The highest BCUT2D eigenvalue weighted by Crippen LogP contribution is 2.43. The molecule has 0 atom stereocenters. The molecule has 0 aliphatic heterocycles. The summed E-state index contributed by atoms with van der Waals surface area (Å²) in [6.45, 7) is 8.69. The van der Waals surface area contributed by atoms with E-state index in [-0.39, 0.29) is 0 Å². The first-order valence-electron chi connectivity index (χ1n) is 22.5. The highest BCUT2D eigenvalue weighted by atomic mass is 16.3. The predicted molar refractivity (Wildman–Crippen MR) is 273 cm³/mol. The van der Waals surface area contributed by atoms with Gasteiger partial charge in [0, 0.05) is 38.2 Å². The van der Waals surface area contributed by atoms with Gasteiger partial charge in [-0.3, -0.25) is 0 Å². The summed E-state index contributed by atoms with van der Waals surface area (Å²) in [7, 11) is 0. The molecule has 0 saturated heterocycles. The molecule has 3 aromatic heterocycles. The minimum atomic E-state index is 0.581. The maximum absolute atomic E-state index is 6.41. The van der Waals surface area contributed by atoms with Crippen LogP contribution < -0.4 is 0 Å². The van der Waals surface area contributed by atoms with Crippen molar-refractivity contribution >= 4 is 43.7 Å². The van der Waals surface area contributed by atoms with Gasteiger partial charge in [0.2, 0.25) is 0 Å². The van der Waals surface area contributed by atoms with E-state index in [1.165, 1.54) is 55.3 Å². The predicted octanol–water partition coefficient (Wildman–Crippen LogP) is 16.1. The summed E-state index contributed by atoms with van der Waals surface area (Å²) in [5.41, 5.74) is 19.4. The first-order valence-corrected chi connectivity index (χ1v) is 22.5. The minimum Gasteiger partial charge on any atom is -0.456 e. The number of nitrogens with zero attached hydrogens (tertiary/aromatic N) is 4. The van der Waals surface area contributed by atoms with Crippen LogP contribution in [0.5, 0.6) is 0 Å². The molecule has 3 heterocycles. The Bertz CT molecular complexity index is 3650. The maximum Gasteiger partial charge on any atom is 0.166 e. The number of furan rings is 1. The van der Waals surface area contributed by atoms with E-state index in [4.69, 9.17) is 19.4 Å². The van der Waals surface area contributed by atoms with Crippen LogP contribution in [0.25, 0.3) is 117 Å². The Morgan fingerprint density at radius 3 is 1.41 bits per heavy atom. The van der Waals surface area contributed by atoms with Crippen LogP contribution in [0.3, 0.4) is 0 Å². The molecule has 12 rings (SSSR count). The fraction of sp³-hybridized carbons (Fsp3) is 0.0656. The SMILES string of the molecule is Cc1cc(C)cc(-c2ccc3c(c2)c2cc(-c4cc(C)cc(C)c4)ccc2n3-c2ccc(-c3cccc4oc5ccccc5c34)cc2-c2nc(-c3ccccc3)nc(-c3ccccc3)n2)c1. The Labute approximate surface area is 383 Å². The lowest BCUT2D eigenvalue weighted by atomic mass is 9.96. The van der Waals surface area contributed by atoms with Crippen molar-refractivity contribution in [3.8, 4) is 73.2 Å². The van der Waals surface area contributed by atoms with Crippen LogP contribution in [0, 0.1) is 27.7 Å². The van der Waals surface area contributed by atoms with Gasteiger partial charge in [0.05, 0.1) is 16.7 Å². The first kappa shape index (κ1) is 39.2. The molecule has 0 aliphatic carbocycles. The molecular formula is C61H44N4O. The van der Waals surface area contributed by atoms with Gasteiger partial charge in [0.25, 0.3) is 0 Å². The molecule has 9 aromatic carbocycles. The molecular weight excluding hydrogens is 805 g/mol. The number of hydrogen-bond acceptors (Lipinski definition) is 4. The van der Waals surface area contributed by atoms with E-state index in [0.29, 0.717) is 17.5 Å². The van der Waals surface area contributed by atoms with Gasteiger partial charge >= 0.3 is 0 Å². The Balaban J connectivity index is 1.17. The second-order valence-electron chi connectivity index (χ2n) is 17.6. The van der Waals surface area contributed by atoms with E-state index in [1.807, 2.05) is 48.5 Å². The first-order chi connectivity index (χ1) is 32.3. The molecule has 0 spiro atoms. The average Bonchev–Trinajstić information content (AvgIpc) is 3.89. The van der Waals surface area contributed by atoms with Gasteiger partial charge in [-0.2, -0.15) is 0 Å². The van der Waals surface area contributed by atoms with Gasteiger partial charge in [-0.1, -0.05) is 168 Å². The van der Waals surface area contributed by atoms with E-state index < -0.39 is 0 Å². The van der Waals surface area contributed by atoms with Crippen molar-refractivity contribution in [2.24, 2.45) is 0 Å². The number of rotatable bonds is 7. The molecule has 0 fully saturated rings. The van der Waals surface area contributed by atoms with E-state index in [9.17, 15) is 0 Å². The number of aromatic nitrogens is 4. The van der Waals surface area contributed by atoms with Crippen molar-refractivity contribution in [1.29, 1.82) is 0 Å². The zero-order valence-electron chi connectivity index (χ0n) is 37.2. The van der Waals surface area contributed by atoms with Crippen molar-refractivity contribution in [1.82, 2.24) is 19.5 Å². The van der Waals surface area contributed by atoms with Crippen LogP contribution in [-0.2, 0) is 0 Å². The van der Waals surface area contributed by atoms with Gasteiger partial charge in [-0.25, -0.2) is 15.0 Å². The molecule has 5 nitrogen and oxygen atoms in total. The van der Waals surface area contributed by atoms with E-state index in [1.54, 1.807) is 0 Å². The van der Waals surface area contributed by atoms with Crippen LogP contribution in [0.15, 0.2) is 199 Å². The molecule has 0 saturated carbocycles. The lowest BCUT2D eigenvalue weighted by Gasteiger charge is -2.17. The molecule has 12 aromatic rings. The number of aryl methyl sites for hydroxylation is 4. The van der Waals surface area contributed by atoms with Crippen molar-refractivity contribution < 1.29 is 4.42 Å². The Hall–Kier alpha value is -8.41. The number of benzene rings is 9. The van der Waals surface area contributed by atoms with Crippen LogP contribution >= 0.6 is 0 Å². The molecule has 0 aliphatic rings. The second-order valence-corrected chi connectivity index (χ2v) is 17.6. The van der Waals surface area contributed by atoms with Gasteiger partial charge in [-0.05, 0) is 110 Å². The van der Waals surface area contributed by atoms with Crippen LogP contribution in [0.4, 0.5) is 0 Å². The summed E-state index contributed by atoms with van der Waals surface area (Å²) in [6, 6.07) is 69.1. The lowest BCUT2D eigenvalue weighted by molar-refractivity contribution is 0.669. The molecule has 0 N–H and O–H groups in total. The third kappa shape index (κ3) is 6.84. The molecule has 314 valence electrons. The van der Waals surface area contributed by atoms with Crippen LogP contribution in [0.2, 0.25) is 0 Å². The zero-order valence-corrected chi connectivity index (χ0v) is 37.2. The summed E-state index contributed by atoms with van der Waals surface area (Å²) in [4.78, 5) is 15.8. The normalized spacial score (nSPS) is 11.6. The van der Waals surface area contributed by atoms with E-state index in [0.717, 1.165) is 66.5 Å². The van der Waals surface area contributed by atoms with Crippen LogP contribution in [-0.4, -0.2) is 19.5 Å². The van der Waals surface area contributed by atoms with E-state index >= 15 is 0 Å². The van der Waals surface area contributed by atoms with Gasteiger partial charge < -0.3 is 8.98 Å². The molecule has 66 heavy (non-hydrogen) atoms. The minimum absolute atomic E-state index is 0.581. The summed E-state index contributed by atoms with van der Waals surface area (Å²) < 4.78 is 8.82. The number of para-hydroxylation sites is 1. The third-order valence-electron chi connectivity index (χ3n) is 12.8. The number of fused-ring (bicyclic) bond motifs is 6. The van der Waals surface area contributed by atoms with Gasteiger partial charge in [0.1, 0.15) is 11.2 Å². The topological polar surface area (TPSA) is 56.7 Å². The average molecular weight is 849 g/mol. The summed E-state index contributed by atoms with van der Waals surface area (Å²) in [6.07, 6.45) is 0. The molecule has 0 radical (unpaired) electrons.